The van der Waals surface area contributed by atoms with Crippen molar-refractivity contribution in [2.24, 2.45) is 0 Å². The number of carboxylic acids is 1. The van der Waals surface area contributed by atoms with E-state index in [4.69, 9.17) is 5.11 Å². The molecule has 96 valence electrons. The van der Waals surface area contributed by atoms with Crippen molar-refractivity contribution in [3.8, 4) is 0 Å². The summed E-state index contributed by atoms with van der Waals surface area (Å²) < 4.78 is 0. The van der Waals surface area contributed by atoms with Gasteiger partial charge in [-0.1, -0.05) is 0 Å². The van der Waals surface area contributed by atoms with Crippen molar-refractivity contribution in [1.82, 2.24) is 15.3 Å². The summed E-state index contributed by atoms with van der Waals surface area (Å²) >= 11 is 0. The van der Waals surface area contributed by atoms with Crippen molar-refractivity contribution in [2.45, 2.75) is 19.4 Å². The molecule has 1 saturated heterocycles. The van der Waals surface area contributed by atoms with E-state index in [1.165, 1.54) is 12.5 Å². The van der Waals surface area contributed by atoms with Gasteiger partial charge in [-0.15, -0.1) is 0 Å². The molecule has 0 radical (unpaired) electrons. The Bertz CT molecular complexity index is 501. The van der Waals surface area contributed by atoms with Crippen LogP contribution in [0.1, 0.15) is 24.2 Å². The lowest BCUT2D eigenvalue weighted by atomic mass is 9.98. The summed E-state index contributed by atoms with van der Waals surface area (Å²) in [6.07, 6.45) is 2.53. The van der Waals surface area contributed by atoms with Gasteiger partial charge in [0.2, 0.25) is 5.91 Å². The number of rotatable bonds is 2. The molecule has 1 aromatic rings. The first-order chi connectivity index (χ1) is 8.44. The zero-order valence-electron chi connectivity index (χ0n) is 10.2. The van der Waals surface area contributed by atoms with E-state index in [-0.39, 0.29) is 17.3 Å². The lowest BCUT2D eigenvalue weighted by Gasteiger charge is -2.42. The molecule has 0 saturated carbocycles. The van der Waals surface area contributed by atoms with Crippen LogP contribution in [0.15, 0.2) is 12.5 Å². The molecule has 18 heavy (non-hydrogen) atoms. The molecule has 0 atom stereocenters. The van der Waals surface area contributed by atoms with Crippen molar-refractivity contribution in [3.05, 3.63) is 18.1 Å². The van der Waals surface area contributed by atoms with E-state index >= 15 is 0 Å². The zero-order chi connectivity index (χ0) is 13.3. The number of piperazine rings is 1. The quantitative estimate of drug-likeness (QED) is 0.760. The number of carbonyl (C=O) groups is 2. The highest BCUT2D eigenvalue weighted by molar-refractivity contribution is 5.96. The second kappa shape index (κ2) is 4.25. The fourth-order valence-electron chi connectivity index (χ4n) is 1.96. The molecule has 0 spiro atoms. The maximum absolute atomic E-state index is 11.8. The molecule has 2 heterocycles. The van der Waals surface area contributed by atoms with Crippen molar-refractivity contribution >= 4 is 17.7 Å². The molecule has 1 amide bonds. The topological polar surface area (TPSA) is 95.4 Å². The largest absolute Gasteiger partial charge is 0.477 e. The summed E-state index contributed by atoms with van der Waals surface area (Å²) in [4.78, 5) is 32.4. The van der Waals surface area contributed by atoms with Crippen LogP contribution in [-0.2, 0) is 4.79 Å². The molecule has 0 unspecified atom stereocenters. The van der Waals surface area contributed by atoms with Crippen LogP contribution < -0.4 is 10.2 Å². The summed E-state index contributed by atoms with van der Waals surface area (Å²) in [6.45, 7) is 4.44. The number of aromatic carboxylic acids is 1. The summed E-state index contributed by atoms with van der Waals surface area (Å²) in [6, 6.07) is 0. The molecule has 1 aliphatic rings. The first kappa shape index (κ1) is 12.3. The number of nitrogens with one attached hydrogen (secondary N) is 1. The molecule has 7 nitrogen and oxygen atoms in total. The highest BCUT2D eigenvalue weighted by Gasteiger charge is 2.39. The first-order valence-electron chi connectivity index (χ1n) is 5.54. The van der Waals surface area contributed by atoms with Gasteiger partial charge in [-0.25, -0.2) is 14.8 Å². The molecule has 7 heteroatoms. The predicted octanol–water partition coefficient (Wildman–Crippen LogP) is -0.110. The Balaban J connectivity index is 2.48. The second-order valence-corrected chi connectivity index (χ2v) is 4.53. The second-order valence-electron chi connectivity index (χ2n) is 4.53. The third kappa shape index (κ3) is 1.87. The van der Waals surface area contributed by atoms with Crippen LogP contribution in [-0.4, -0.2) is 45.6 Å². The predicted molar refractivity (Wildman–Crippen MR) is 63.4 cm³/mol. The summed E-state index contributed by atoms with van der Waals surface area (Å²) in [5, 5.41) is 11.9. The minimum Gasteiger partial charge on any atom is -0.477 e. The van der Waals surface area contributed by atoms with Crippen LogP contribution in [0, 0.1) is 0 Å². The molecule has 1 fully saturated rings. The minimum atomic E-state index is -1.10. The zero-order valence-corrected chi connectivity index (χ0v) is 10.2. The van der Waals surface area contributed by atoms with Gasteiger partial charge in [-0.05, 0) is 13.8 Å². The molecule has 1 aromatic heterocycles. The number of aromatic nitrogens is 2. The van der Waals surface area contributed by atoms with Crippen LogP contribution in [0.25, 0.3) is 0 Å². The fourth-order valence-corrected chi connectivity index (χ4v) is 1.96. The van der Waals surface area contributed by atoms with E-state index in [0.29, 0.717) is 13.1 Å². The van der Waals surface area contributed by atoms with Crippen LogP contribution in [0.3, 0.4) is 0 Å². The highest BCUT2D eigenvalue weighted by Crippen LogP contribution is 2.26. The molecule has 0 aromatic carbocycles. The van der Waals surface area contributed by atoms with Crippen LogP contribution in [0.4, 0.5) is 5.82 Å². The first-order valence-corrected chi connectivity index (χ1v) is 5.54. The number of carboxylic acid groups (broad SMARTS) is 1. The summed E-state index contributed by atoms with van der Waals surface area (Å²) in [7, 11) is 0. The van der Waals surface area contributed by atoms with Gasteiger partial charge in [-0.3, -0.25) is 4.79 Å². The Morgan fingerprint density at radius 2 is 2.28 bits per heavy atom. The molecule has 0 aliphatic carbocycles. The molecule has 2 rings (SSSR count). The number of anilines is 1. The maximum atomic E-state index is 11.8. The third-order valence-electron chi connectivity index (χ3n) is 3.03. The average Bonchev–Trinajstić information content (AvgIpc) is 2.32. The van der Waals surface area contributed by atoms with Crippen molar-refractivity contribution in [3.63, 3.8) is 0 Å². The Labute approximate surface area is 104 Å². The molecular formula is C11H14N4O3. The van der Waals surface area contributed by atoms with Gasteiger partial charge in [0.05, 0.1) is 0 Å². The Hall–Kier alpha value is -2.18. The summed E-state index contributed by atoms with van der Waals surface area (Å²) in [5.41, 5.74) is -0.836. The fraction of sp³-hybridized carbons (Fsp3) is 0.455. The SMILES string of the molecule is CC1(C)C(=O)NCCN1c1ncncc1C(=O)O. The number of nitrogens with zero attached hydrogens (tertiary/aromatic N) is 3. The lowest BCUT2D eigenvalue weighted by Crippen LogP contribution is -2.62. The standard InChI is InChI=1S/C11H14N4O3/c1-11(2)10(18)13-3-4-15(11)8-7(9(16)17)5-12-6-14-8/h5-6H,3-4H2,1-2H3,(H,13,18)(H,16,17). The molecule has 2 N–H and O–H groups in total. The van der Waals surface area contributed by atoms with Gasteiger partial charge in [0, 0.05) is 19.3 Å². The van der Waals surface area contributed by atoms with Crippen molar-refractivity contribution < 1.29 is 14.7 Å². The molecule has 0 bridgehead atoms. The van der Waals surface area contributed by atoms with Crippen LogP contribution in [0.2, 0.25) is 0 Å². The van der Waals surface area contributed by atoms with Gasteiger partial charge < -0.3 is 15.3 Å². The smallest absolute Gasteiger partial charge is 0.341 e. The monoisotopic (exact) mass is 250 g/mol. The van der Waals surface area contributed by atoms with Gasteiger partial charge in [0.15, 0.2) is 0 Å². The summed E-state index contributed by atoms with van der Waals surface area (Å²) in [5.74, 6) is -0.978. The number of amides is 1. The van der Waals surface area contributed by atoms with Gasteiger partial charge in [-0.2, -0.15) is 0 Å². The van der Waals surface area contributed by atoms with E-state index in [1.807, 2.05) is 0 Å². The van der Waals surface area contributed by atoms with Gasteiger partial charge >= 0.3 is 5.97 Å². The number of hydrogen-bond donors (Lipinski definition) is 2. The lowest BCUT2D eigenvalue weighted by molar-refractivity contribution is -0.126. The Morgan fingerprint density at radius 3 is 2.94 bits per heavy atom. The number of hydrogen-bond acceptors (Lipinski definition) is 5. The Morgan fingerprint density at radius 1 is 1.56 bits per heavy atom. The van der Waals surface area contributed by atoms with E-state index in [1.54, 1.807) is 18.7 Å². The average molecular weight is 250 g/mol. The highest BCUT2D eigenvalue weighted by atomic mass is 16.4. The third-order valence-corrected chi connectivity index (χ3v) is 3.03. The molecule has 1 aliphatic heterocycles. The molecular weight excluding hydrogens is 236 g/mol. The maximum Gasteiger partial charge on any atom is 0.341 e. The van der Waals surface area contributed by atoms with Crippen LogP contribution in [0.5, 0.6) is 0 Å². The normalized spacial score (nSPS) is 18.3. The minimum absolute atomic E-state index is 0.000255. The van der Waals surface area contributed by atoms with Gasteiger partial charge in [0.25, 0.3) is 0 Å². The Kier molecular flexibility index (Phi) is 2.90. The van der Waals surface area contributed by atoms with E-state index < -0.39 is 11.5 Å². The van der Waals surface area contributed by atoms with Gasteiger partial charge in [0.1, 0.15) is 23.2 Å². The van der Waals surface area contributed by atoms with E-state index in [9.17, 15) is 9.59 Å². The van der Waals surface area contributed by atoms with Crippen molar-refractivity contribution in [2.75, 3.05) is 18.0 Å². The van der Waals surface area contributed by atoms with E-state index in [0.717, 1.165) is 0 Å². The number of carbonyl (C=O) groups excluding carboxylic acids is 1. The van der Waals surface area contributed by atoms with E-state index in [2.05, 4.69) is 15.3 Å². The van der Waals surface area contributed by atoms with Crippen LogP contribution >= 0.6 is 0 Å². The van der Waals surface area contributed by atoms with Crippen molar-refractivity contribution in [1.29, 1.82) is 0 Å².